The van der Waals surface area contributed by atoms with Gasteiger partial charge in [-0.3, -0.25) is 0 Å². The van der Waals surface area contributed by atoms with Crippen LogP contribution < -0.4 is 5.32 Å². The summed E-state index contributed by atoms with van der Waals surface area (Å²) in [6, 6.07) is 2.55. The van der Waals surface area contributed by atoms with Gasteiger partial charge in [-0.2, -0.15) is 4.31 Å². The molecule has 2 saturated heterocycles. The number of pyridine rings is 1. The highest BCUT2D eigenvalue weighted by molar-refractivity contribution is 7.90. The number of halogens is 1. The first-order valence-corrected chi connectivity index (χ1v) is 9.98. The van der Waals surface area contributed by atoms with Gasteiger partial charge in [-0.15, -0.1) is 12.4 Å². The Bertz CT molecular complexity index is 737. The van der Waals surface area contributed by atoms with Crippen LogP contribution in [0.4, 0.5) is 0 Å². The van der Waals surface area contributed by atoms with E-state index in [4.69, 9.17) is 0 Å². The zero-order valence-electron chi connectivity index (χ0n) is 12.0. The van der Waals surface area contributed by atoms with Crippen LogP contribution in [0.1, 0.15) is 0 Å². The van der Waals surface area contributed by atoms with Crippen LogP contribution >= 0.6 is 12.4 Å². The van der Waals surface area contributed by atoms with Crippen molar-refractivity contribution >= 4 is 32.3 Å². The second-order valence-electron chi connectivity index (χ2n) is 5.60. The number of fused-ring (bicyclic) bond motifs is 1. The molecule has 0 amide bonds. The van der Waals surface area contributed by atoms with Gasteiger partial charge in [0.15, 0.2) is 14.9 Å². The minimum atomic E-state index is -3.59. The van der Waals surface area contributed by atoms with Crippen LogP contribution in [0.2, 0.25) is 0 Å². The fourth-order valence-corrected chi connectivity index (χ4v) is 4.96. The standard InChI is InChI=1S/C12H17N3O4S2.ClH/c1-20(16,17)12-3-2-11(6-14-12)21(18,19)15-7-9-4-13-5-10(9)8-15;/h2-3,6,9-10,13H,4-5,7-8H2,1H3;1H/t9-,10+;. The third-order valence-corrected chi connectivity index (χ3v) is 6.90. The highest BCUT2D eigenvalue weighted by atomic mass is 35.5. The van der Waals surface area contributed by atoms with E-state index in [1.54, 1.807) is 0 Å². The summed E-state index contributed by atoms with van der Waals surface area (Å²) in [5.41, 5.74) is 0. The summed E-state index contributed by atoms with van der Waals surface area (Å²) in [4.78, 5) is 3.80. The number of nitrogens with zero attached hydrogens (tertiary/aromatic N) is 2. The van der Waals surface area contributed by atoms with Crippen molar-refractivity contribution in [3.05, 3.63) is 18.3 Å². The molecule has 0 bridgehead atoms. The first kappa shape index (κ1) is 17.6. The normalized spacial score (nSPS) is 25.7. The Labute approximate surface area is 136 Å². The van der Waals surface area contributed by atoms with Gasteiger partial charge in [0, 0.05) is 25.5 Å². The average molecular weight is 368 g/mol. The molecule has 0 radical (unpaired) electrons. The second-order valence-corrected chi connectivity index (χ2v) is 9.51. The van der Waals surface area contributed by atoms with Gasteiger partial charge in [0.05, 0.1) is 0 Å². The van der Waals surface area contributed by atoms with Gasteiger partial charge in [-0.1, -0.05) is 0 Å². The van der Waals surface area contributed by atoms with Crippen LogP contribution in [0.3, 0.4) is 0 Å². The van der Waals surface area contributed by atoms with Gasteiger partial charge in [0.2, 0.25) is 10.0 Å². The van der Waals surface area contributed by atoms with E-state index >= 15 is 0 Å². The molecular weight excluding hydrogens is 350 g/mol. The van der Waals surface area contributed by atoms with Crippen LogP contribution in [0, 0.1) is 11.8 Å². The molecule has 2 atom stereocenters. The van der Waals surface area contributed by atoms with Crippen LogP contribution in [-0.4, -0.2) is 58.6 Å². The summed E-state index contributed by atoms with van der Waals surface area (Å²) in [7, 11) is -7.02. The molecule has 1 aromatic rings. The van der Waals surface area contributed by atoms with E-state index in [2.05, 4.69) is 10.3 Å². The highest BCUT2D eigenvalue weighted by Gasteiger charge is 2.41. The smallest absolute Gasteiger partial charge is 0.244 e. The van der Waals surface area contributed by atoms with Gasteiger partial charge in [-0.05, 0) is 37.1 Å². The van der Waals surface area contributed by atoms with Crippen LogP contribution in [0.5, 0.6) is 0 Å². The molecule has 3 heterocycles. The molecule has 1 N–H and O–H groups in total. The SMILES string of the molecule is CS(=O)(=O)c1ccc(S(=O)(=O)N2C[C@H]3CNC[C@H]3C2)cn1.Cl. The Morgan fingerprint density at radius 2 is 1.73 bits per heavy atom. The molecule has 0 aliphatic carbocycles. The van der Waals surface area contributed by atoms with E-state index in [0.29, 0.717) is 24.9 Å². The third-order valence-electron chi connectivity index (χ3n) is 4.08. The van der Waals surface area contributed by atoms with Gasteiger partial charge in [0.1, 0.15) is 4.90 Å². The molecule has 7 nitrogen and oxygen atoms in total. The van der Waals surface area contributed by atoms with Crippen molar-refractivity contribution in [2.24, 2.45) is 11.8 Å². The molecule has 0 unspecified atom stereocenters. The Morgan fingerprint density at radius 3 is 2.18 bits per heavy atom. The molecular formula is C12H18ClN3O4S2. The Hall–Kier alpha value is -0.740. The van der Waals surface area contributed by atoms with Gasteiger partial charge in [-0.25, -0.2) is 21.8 Å². The van der Waals surface area contributed by atoms with E-state index in [0.717, 1.165) is 25.5 Å². The maximum absolute atomic E-state index is 12.5. The molecule has 22 heavy (non-hydrogen) atoms. The molecule has 0 aromatic carbocycles. The zero-order valence-corrected chi connectivity index (χ0v) is 14.4. The molecule has 124 valence electrons. The Balaban J connectivity index is 0.00000176. The fourth-order valence-electron chi connectivity index (χ4n) is 2.90. The molecule has 0 saturated carbocycles. The van der Waals surface area contributed by atoms with E-state index in [-0.39, 0.29) is 22.3 Å². The highest BCUT2D eigenvalue weighted by Crippen LogP contribution is 2.30. The molecule has 2 aliphatic heterocycles. The van der Waals surface area contributed by atoms with Crippen molar-refractivity contribution in [3.63, 3.8) is 0 Å². The van der Waals surface area contributed by atoms with Gasteiger partial charge < -0.3 is 5.32 Å². The lowest BCUT2D eigenvalue weighted by Gasteiger charge is -2.17. The molecule has 3 rings (SSSR count). The first-order chi connectivity index (χ1) is 9.78. The summed E-state index contributed by atoms with van der Waals surface area (Å²) >= 11 is 0. The number of hydrogen-bond donors (Lipinski definition) is 1. The number of sulfone groups is 1. The summed E-state index contributed by atoms with van der Waals surface area (Å²) in [6.07, 6.45) is 2.16. The Kier molecular flexibility index (Phi) is 4.84. The molecule has 10 heteroatoms. The topological polar surface area (TPSA) is 96.4 Å². The lowest BCUT2D eigenvalue weighted by atomic mass is 10.0. The average Bonchev–Trinajstić information content (AvgIpc) is 2.98. The molecule has 1 aromatic heterocycles. The van der Waals surface area contributed by atoms with Gasteiger partial charge in [0.25, 0.3) is 0 Å². The maximum atomic E-state index is 12.5. The predicted molar refractivity (Wildman–Crippen MR) is 83.2 cm³/mol. The summed E-state index contributed by atoms with van der Waals surface area (Å²) in [6.45, 7) is 2.71. The number of nitrogens with one attached hydrogen (secondary N) is 1. The quantitative estimate of drug-likeness (QED) is 0.791. The van der Waals surface area contributed by atoms with E-state index in [9.17, 15) is 16.8 Å². The maximum Gasteiger partial charge on any atom is 0.244 e. The van der Waals surface area contributed by atoms with Crippen molar-refractivity contribution in [3.8, 4) is 0 Å². The van der Waals surface area contributed by atoms with Crippen molar-refractivity contribution in [2.45, 2.75) is 9.92 Å². The summed E-state index contributed by atoms with van der Waals surface area (Å²) in [5, 5.41) is 3.14. The van der Waals surface area contributed by atoms with E-state index in [1.165, 1.54) is 16.4 Å². The number of rotatable bonds is 3. The lowest BCUT2D eigenvalue weighted by molar-refractivity contribution is 0.447. The molecule has 2 fully saturated rings. The minimum Gasteiger partial charge on any atom is -0.316 e. The number of aromatic nitrogens is 1. The van der Waals surface area contributed by atoms with Gasteiger partial charge >= 0.3 is 0 Å². The number of hydrogen-bond acceptors (Lipinski definition) is 6. The minimum absolute atomic E-state index is 0. The zero-order chi connectivity index (χ0) is 15.3. The largest absolute Gasteiger partial charge is 0.316 e. The first-order valence-electron chi connectivity index (χ1n) is 6.65. The Morgan fingerprint density at radius 1 is 1.14 bits per heavy atom. The number of sulfonamides is 1. The predicted octanol–water partition coefficient (Wildman–Crippen LogP) is -0.253. The van der Waals surface area contributed by atoms with Crippen molar-refractivity contribution in [2.75, 3.05) is 32.4 Å². The fraction of sp³-hybridized carbons (Fsp3) is 0.583. The van der Waals surface area contributed by atoms with E-state index < -0.39 is 19.9 Å². The van der Waals surface area contributed by atoms with Crippen molar-refractivity contribution in [1.29, 1.82) is 0 Å². The summed E-state index contributed by atoms with van der Waals surface area (Å²) in [5.74, 6) is 0.728. The van der Waals surface area contributed by atoms with Crippen molar-refractivity contribution in [1.82, 2.24) is 14.6 Å². The molecule has 2 aliphatic rings. The molecule has 0 spiro atoms. The van der Waals surface area contributed by atoms with Crippen LogP contribution in [0.15, 0.2) is 28.3 Å². The monoisotopic (exact) mass is 367 g/mol. The lowest BCUT2D eigenvalue weighted by Crippen LogP contribution is -2.32. The summed E-state index contributed by atoms with van der Waals surface area (Å²) < 4.78 is 49.3. The van der Waals surface area contributed by atoms with E-state index in [1.807, 2.05) is 0 Å². The van der Waals surface area contributed by atoms with Crippen LogP contribution in [0.25, 0.3) is 0 Å². The second kappa shape index (κ2) is 6.04. The third kappa shape index (κ3) is 3.13. The van der Waals surface area contributed by atoms with Crippen molar-refractivity contribution < 1.29 is 16.8 Å². The van der Waals surface area contributed by atoms with Crippen LogP contribution in [-0.2, 0) is 19.9 Å².